The third-order valence-electron chi connectivity index (χ3n) is 3.79. The molecule has 4 aromatic rings. The quantitative estimate of drug-likeness (QED) is 0.466. The van der Waals surface area contributed by atoms with Crippen molar-refractivity contribution in [3.05, 3.63) is 77.3 Å². The van der Waals surface area contributed by atoms with Gasteiger partial charge in [-0.3, -0.25) is 4.79 Å². The average molecular weight is 418 g/mol. The molecule has 0 atom stereocenters. The normalized spacial score (nSPS) is 10.8. The summed E-state index contributed by atoms with van der Waals surface area (Å²) in [5.41, 5.74) is 0.0492. The van der Waals surface area contributed by atoms with E-state index < -0.39 is 23.1 Å². The Balaban J connectivity index is 1.56. The van der Waals surface area contributed by atoms with Gasteiger partial charge in [-0.1, -0.05) is 17.7 Å². The van der Waals surface area contributed by atoms with E-state index in [1.54, 1.807) is 18.3 Å². The molecule has 4 rings (SSSR count). The van der Waals surface area contributed by atoms with Crippen molar-refractivity contribution in [1.82, 2.24) is 9.97 Å². The number of nitrogens with one attached hydrogen (secondary N) is 1. The largest absolute Gasteiger partial charge is 0.444 e. The van der Waals surface area contributed by atoms with Crippen molar-refractivity contribution in [1.29, 1.82) is 0 Å². The predicted octanol–water partition coefficient (Wildman–Crippen LogP) is 5.65. The average Bonchev–Trinajstić information content (AvgIpc) is 3.32. The summed E-state index contributed by atoms with van der Waals surface area (Å²) in [6, 6.07) is 8.16. The van der Waals surface area contributed by atoms with Crippen LogP contribution in [0.2, 0.25) is 5.02 Å². The maximum Gasteiger partial charge on any atom is 0.262 e. The lowest BCUT2D eigenvalue weighted by atomic mass is 10.2. The first-order valence-corrected chi connectivity index (χ1v) is 9.13. The van der Waals surface area contributed by atoms with Crippen molar-refractivity contribution in [2.45, 2.75) is 0 Å². The first-order chi connectivity index (χ1) is 13.5. The Bertz CT molecular complexity index is 1120. The van der Waals surface area contributed by atoms with E-state index in [1.165, 1.54) is 35.9 Å². The van der Waals surface area contributed by atoms with Gasteiger partial charge in [0.05, 0.1) is 21.0 Å². The third kappa shape index (κ3) is 3.51. The van der Waals surface area contributed by atoms with Crippen molar-refractivity contribution in [3.63, 3.8) is 0 Å². The maximum atomic E-state index is 13.7. The highest BCUT2D eigenvalue weighted by Gasteiger charge is 2.18. The molecule has 0 unspecified atom stereocenters. The van der Waals surface area contributed by atoms with Crippen LogP contribution in [0.15, 0.2) is 59.5 Å². The lowest BCUT2D eigenvalue weighted by Gasteiger charge is -2.07. The van der Waals surface area contributed by atoms with Gasteiger partial charge in [-0.25, -0.2) is 18.7 Å². The van der Waals surface area contributed by atoms with Crippen LogP contribution in [0.5, 0.6) is 0 Å². The number of nitrogens with zero attached hydrogens (tertiary/aromatic N) is 2. The molecule has 3 heterocycles. The number of rotatable bonds is 4. The van der Waals surface area contributed by atoms with Crippen LogP contribution in [-0.4, -0.2) is 15.9 Å². The van der Waals surface area contributed by atoms with Crippen LogP contribution in [-0.2, 0) is 0 Å². The van der Waals surface area contributed by atoms with Crippen molar-refractivity contribution in [2.75, 3.05) is 5.32 Å². The van der Waals surface area contributed by atoms with E-state index >= 15 is 0 Å². The van der Waals surface area contributed by atoms with Crippen molar-refractivity contribution >= 4 is 34.7 Å². The van der Waals surface area contributed by atoms with Gasteiger partial charge in [0.15, 0.2) is 0 Å². The number of oxazole rings is 1. The molecule has 140 valence electrons. The molecule has 0 radical (unpaired) electrons. The summed E-state index contributed by atoms with van der Waals surface area (Å²) < 4.78 is 32.7. The molecule has 1 amide bonds. The van der Waals surface area contributed by atoms with Crippen molar-refractivity contribution in [3.8, 4) is 21.2 Å². The summed E-state index contributed by atoms with van der Waals surface area (Å²) in [6.45, 7) is 0. The Hall–Kier alpha value is -3.10. The topological polar surface area (TPSA) is 68.0 Å². The minimum atomic E-state index is -0.946. The molecule has 0 fully saturated rings. The predicted molar refractivity (Wildman–Crippen MR) is 102 cm³/mol. The molecular formula is C19H10ClF2N3O2S. The van der Waals surface area contributed by atoms with E-state index in [0.717, 1.165) is 21.9 Å². The van der Waals surface area contributed by atoms with E-state index in [2.05, 4.69) is 15.3 Å². The summed E-state index contributed by atoms with van der Waals surface area (Å²) in [6.07, 6.45) is 4.52. The summed E-state index contributed by atoms with van der Waals surface area (Å²) in [4.78, 5) is 21.9. The Morgan fingerprint density at radius 3 is 2.57 bits per heavy atom. The molecule has 0 saturated carbocycles. The highest BCUT2D eigenvalue weighted by Crippen LogP contribution is 2.40. The van der Waals surface area contributed by atoms with E-state index in [9.17, 15) is 13.6 Å². The van der Waals surface area contributed by atoms with E-state index in [-0.39, 0.29) is 5.82 Å². The molecule has 0 aliphatic rings. The molecular weight excluding hydrogens is 408 g/mol. The van der Waals surface area contributed by atoms with Crippen LogP contribution in [0.3, 0.4) is 0 Å². The SMILES string of the molecule is O=C(Nc1ccc(-c2sc(-c3ncco3)cc2Cl)cn1)c1c(F)cccc1F. The van der Waals surface area contributed by atoms with E-state index in [1.807, 2.05) is 0 Å². The van der Waals surface area contributed by atoms with Crippen LogP contribution >= 0.6 is 22.9 Å². The van der Waals surface area contributed by atoms with E-state index in [0.29, 0.717) is 16.5 Å². The number of anilines is 1. The van der Waals surface area contributed by atoms with Gasteiger partial charge in [-0.15, -0.1) is 11.3 Å². The molecule has 0 bridgehead atoms. The number of halogens is 3. The van der Waals surface area contributed by atoms with Crippen LogP contribution in [0.1, 0.15) is 10.4 Å². The molecule has 3 aromatic heterocycles. The minimum Gasteiger partial charge on any atom is -0.444 e. The highest BCUT2D eigenvalue weighted by molar-refractivity contribution is 7.19. The molecule has 5 nitrogen and oxygen atoms in total. The number of carbonyl (C=O) groups excluding carboxylic acids is 1. The van der Waals surface area contributed by atoms with Gasteiger partial charge in [0, 0.05) is 11.8 Å². The smallest absolute Gasteiger partial charge is 0.262 e. The Kier molecular flexibility index (Phi) is 4.89. The van der Waals surface area contributed by atoms with Crippen LogP contribution in [0, 0.1) is 11.6 Å². The third-order valence-corrected chi connectivity index (χ3v) is 5.37. The molecule has 0 spiro atoms. The van der Waals surface area contributed by atoms with Gasteiger partial charge in [0.25, 0.3) is 5.91 Å². The van der Waals surface area contributed by atoms with Gasteiger partial charge in [0.1, 0.15) is 29.3 Å². The standard InChI is InChI=1S/C19H10ClF2N3O2S/c20-11-8-14(19-23-6-7-27-19)28-17(11)10-4-5-15(24-9-10)25-18(26)16-12(21)2-1-3-13(16)22/h1-9H,(H,24,25,26). The second kappa shape index (κ2) is 7.49. The number of pyridine rings is 1. The Morgan fingerprint density at radius 1 is 1.14 bits per heavy atom. The number of thiophene rings is 1. The molecule has 0 aliphatic heterocycles. The zero-order valence-electron chi connectivity index (χ0n) is 13.9. The lowest BCUT2D eigenvalue weighted by Crippen LogP contribution is -2.16. The Labute approximate surface area is 166 Å². The van der Waals surface area contributed by atoms with Crippen molar-refractivity contribution < 1.29 is 18.0 Å². The second-order valence-electron chi connectivity index (χ2n) is 5.61. The zero-order valence-corrected chi connectivity index (χ0v) is 15.5. The molecule has 1 aromatic carbocycles. The minimum absolute atomic E-state index is 0.150. The fourth-order valence-electron chi connectivity index (χ4n) is 2.51. The first-order valence-electron chi connectivity index (χ1n) is 7.94. The van der Waals surface area contributed by atoms with Crippen LogP contribution in [0.25, 0.3) is 21.2 Å². The number of hydrogen-bond donors (Lipinski definition) is 1. The molecule has 28 heavy (non-hydrogen) atoms. The first kappa shape index (κ1) is 18.3. The number of hydrogen-bond acceptors (Lipinski definition) is 5. The van der Waals surface area contributed by atoms with Gasteiger partial charge < -0.3 is 9.73 Å². The summed E-state index contributed by atoms with van der Waals surface area (Å²) in [5, 5.41) is 2.88. The van der Waals surface area contributed by atoms with Crippen LogP contribution in [0.4, 0.5) is 14.6 Å². The van der Waals surface area contributed by atoms with Crippen LogP contribution < -0.4 is 5.32 Å². The lowest BCUT2D eigenvalue weighted by molar-refractivity contribution is 0.101. The van der Waals surface area contributed by atoms with Gasteiger partial charge in [0.2, 0.25) is 5.89 Å². The fraction of sp³-hybridized carbons (Fsp3) is 0. The maximum absolute atomic E-state index is 13.7. The number of carbonyl (C=O) groups is 1. The number of benzene rings is 1. The van der Waals surface area contributed by atoms with Crippen molar-refractivity contribution in [2.24, 2.45) is 0 Å². The molecule has 1 N–H and O–H groups in total. The monoisotopic (exact) mass is 417 g/mol. The Morgan fingerprint density at radius 2 is 1.93 bits per heavy atom. The second-order valence-corrected chi connectivity index (χ2v) is 7.07. The zero-order chi connectivity index (χ0) is 19.7. The van der Waals surface area contributed by atoms with Gasteiger partial charge in [-0.05, 0) is 30.3 Å². The molecule has 9 heteroatoms. The molecule has 0 aliphatic carbocycles. The summed E-state index contributed by atoms with van der Waals surface area (Å²) in [5.74, 6) is -2.20. The number of amides is 1. The fourth-order valence-corrected chi connectivity index (χ4v) is 3.89. The summed E-state index contributed by atoms with van der Waals surface area (Å²) >= 11 is 7.67. The summed E-state index contributed by atoms with van der Waals surface area (Å²) in [7, 11) is 0. The van der Waals surface area contributed by atoms with E-state index in [4.69, 9.17) is 16.0 Å². The van der Waals surface area contributed by atoms with Gasteiger partial charge >= 0.3 is 0 Å². The highest BCUT2D eigenvalue weighted by atomic mass is 35.5. The number of aromatic nitrogens is 2. The van der Waals surface area contributed by atoms with Gasteiger partial charge in [-0.2, -0.15) is 0 Å². The molecule has 0 saturated heterocycles.